The Morgan fingerprint density at radius 2 is 1.49 bits per heavy atom. The third-order valence-electron chi connectivity index (χ3n) is 22.2. The maximum absolute atomic E-state index is 15.8. The number of nitrogens with one attached hydrogen (secondary N) is 8. The second kappa shape index (κ2) is 32.7. The number of piperazine rings is 1. The van der Waals surface area contributed by atoms with Gasteiger partial charge in [-0.1, -0.05) is 57.4 Å². The van der Waals surface area contributed by atoms with Crippen molar-refractivity contribution in [3.63, 3.8) is 0 Å². The van der Waals surface area contributed by atoms with E-state index < -0.39 is 41.3 Å². The highest BCUT2D eigenvalue weighted by Gasteiger charge is 2.47. The smallest absolute Gasteiger partial charge is 0.246 e. The van der Waals surface area contributed by atoms with Crippen LogP contribution in [-0.2, 0) is 51.3 Å². The van der Waals surface area contributed by atoms with Gasteiger partial charge in [-0.05, 0) is 164 Å². The van der Waals surface area contributed by atoms with Crippen molar-refractivity contribution in [1.29, 1.82) is 0 Å². The summed E-state index contributed by atoms with van der Waals surface area (Å²) in [6.07, 6.45) is 15.4. The molecule has 11 rings (SSSR count). The van der Waals surface area contributed by atoms with Gasteiger partial charge in [-0.25, -0.2) is 18.7 Å². The van der Waals surface area contributed by atoms with Gasteiger partial charge < -0.3 is 66.9 Å². The van der Waals surface area contributed by atoms with Gasteiger partial charge in [-0.2, -0.15) is 0 Å². The number of likely N-dealkylation sites (tertiary alicyclic amines) is 3. The zero-order valence-electron chi connectivity index (χ0n) is 57.5. The molecule has 2 unspecified atom stereocenters. The van der Waals surface area contributed by atoms with Crippen LogP contribution < -0.4 is 52.3 Å². The monoisotopic (exact) mass is 1350 g/mol. The zero-order chi connectivity index (χ0) is 68.2. The molecule has 530 valence electrons. The van der Waals surface area contributed by atoms with Crippen molar-refractivity contribution in [2.24, 2.45) is 23.2 Å². The number of carbonyl (C=O) groups excluding carboxylic acids is 7. The average Bonchev–Trinajstić information content (AvgIpc) is 1.38. The predicted molar refractivity (Wildman–Crippen MR) is 366 cm³/mol. The average molecular weight is 1350 g/mol. The Balaban J connectivity index is 0.543. The molecule has 1 spiro atoms. The summed E-state index contributed by atoms with van der Waals surface area (Å²) >= 11 is 0. The molecule has 1 aromatic heterocycles. The molecule has 0 radical (unpaired) electrons. The molecule has 0 bridgehead atoms. The molecule has 6 heterocycles. The van der Waals surface area contributed by atoms with E-state index in [9.17, 15) is 33.6 Å². The Bertz CT molecular complexity index is 3230. The summed E-state index contributed by atoms with van der Waals surface area (Å²) in [5.74, 6) is -0.444. The number of nitrogens with zero attached hydrogens (tertiary/aromatic N) is 7. The molecule has 25 heteroatoms. The van der Waals surface area contributed by atoms with Crippen LogP contribution >= 0.6 is 0 Å². The van der Waals surface area contributed by atoms with Crippen molar-refractivity contribution >= 4 is 58.7 Å². The number of likely N-dealkylation sites (N-methyl/N-ethyl adjacent to an activating group) is 1. The molecule has 8 N–H and O–H groups in total. The number of aromatic nitrogens is 2. The van der Waals surface area contributed by atoms with Crippen LogP contribution in [0.1, 0.15) is 159 Å². The number of fused-ring (bicyclic) bond motifs is 2. The maximum Gasteiger partial charge on any atom is 0.246 e. The largest absolute Gasteiger partial charge is 0.370 e. The normalized spacial score (nSPS) is 24.8. The van der Waals surface area contributed by atoms with Gasteiger partial charge in [0.2, 0.25) is 41.4 Å². The summed E-state index contributed by atoms with van der Waals surface area (Å²) in [4.78, 5) is 114. The minimum Gasteiger partial charge on any atom is -0.370 e. The predicted octanol–water partition coefficient (Wildman–Crippen LogP) is 5.24. The fourth-order valence-corrected chi connectivity index (χ4v) is 16.3. The second-order valence-electron chi connectivity index (χ2n) is 29.8. The third-order valence-corrected chi connectivity index (χ3v) is 22.2. The number of ether oxygens (including phenoxy) is 1. The molecule has 97 heavy (non-hydrogen) atoms. The fraction of sp³-hybridized carbons (Fsp3) is 0.681. The molecule has 7 amide bonds. The molecular formula is C72H105F2N15O8. The molecule has 5 aliphatic heterocycles. The van der Waals surface area contributed by atoms with Gasteiger partial charge in [-0.3, -0.25) is 38.5 Å². The van der Waals surface area contributed by atoms with Gasteiger partial charge in [-0.15, -0.1) is 0 Å². The van der Waals surface area contributed by atoms with Gasteiger partial charge in [0.25, 0.3) is 0 Å². The number of amides is 7. The van der Waals surface area contributed by atoms with Crippen molar-refractivity contribution in [1.82, 2.24) is 61.9 Å². The highest BCUT2D eigenvalue weighted by atomic mass is 19.1. The van der Waals surface area contributed by atoms with E-state index in [-0.39, 0.29) is 109 Å². The van der Waals surface area contributed by atoms with Gasteiger partial charge >= 0.3 is 0 Å². The summed E-state index contributed by atoms with van der Waals surface area (Å²) in [5.41, 5.74) is 2.40. The van der Waals surface area contributed by atoms with E-state index in [0.717, 1.165) is 128 Å². The molecule has 8 aliphatic rings. The Morgan fingerprint density at radius 3 is 2.26 bits per heavy atom. The summed E-state index contributed by atoms with van der Waals surface area (Å²) in [7, 11) is 1.70. The second-order valence-corrected chi connectivity index (χ2v) is 29.8. The van der Waals surface area contributed by atoms with E-state index in [1.807, 2.05) is 24.3 Å². The van der Waals surface area contributed by atoms with Crippen LogP contribution in [0.15, 0.2) is 48.8 Å². The number of carbonyl (C=O) groups is 7. The van der Waals surface area contributed by atoms with Crippen molar-refractivity contribution in [2.45, 2.75) is 191 Å². The Labute approximate surface area is 570 Å². The zero-order valence-corrected chi connectivity index (χ0v) is 57.5. The van der Waals surface area contributed by atoms with Crippen molar-refractivity contribution in [3.05, 3.63) is 77.1 Å². The maximum atomic E-state index is 15.8. The van der Waals surface area contributed by atoms with Gasteiger partial charge in [0, 0.05) is 102 Å². The first kappa shape index (κ1) is 71.2. The SMILES string of the molecule is CN[C@@H](C)C(=O)N[C@H](C(=O)N1C[C@@H](NC(=O)CCC(=O)NCCCN2C[C@H]3CC(OCC(=O)NCCCNc4cc(N5CCC6(CC5)CN(c5cc(F)c(CN7CCC(C)(C)CC7)cc5F)CC(=O)N6)ncn4)C[C@H]3C2)C[C@H]1C(=O)NC1CCCc2ccccc21)C1CCCCC1. The van der Waals surface area contributed by atoms with Crippen LogP contribution in [0.4, 0.5) is 26.1 Å². The van der Waals surface area contributed by atoms with E-state index >= 15 is 8.78 Å². The van der Waals surface area contributed by atoms with Gasteiger partial charge in [0.1, 0.15) is 48.3 Å². The first-order chi connectivity index (χ1) is 46.8. The Kier molecular flexibility index (Phi) is 24.0. The quantitative estimate of drug-likeness (QED) is 0.0454. The molecule has 5 saturated heterocycles. The number of benzene rings is 2. The van der Waals surface area contributed by atoms with Crippen LogP contribution in [0.25, 0.3) is 0 Å². The standard InChI is InChI=1S/C72H105F2N15O8/c1-47(75-4)68(94)83-67(49-14-6-5-7-15-49)70(96)89-42-53(36-60(89)69(95)82-58-18-10-16-48-13-8-9-17-55(48)58)81-64(91)20-19-63(90)77-27-12-28-86-39-50-33-54(34-51(50)40-86)97-44-66(93)78-26-11-25-76-61-38-62(80-46-79-61)87-31-23-72(24-32-87)45-88(43-65(92)84-72)59-37-56(73)52(35-57(59)74)41-85-29-21-71(2,3)22-30-85/h8-9,13,17,35,37-38,46-47,49-51,53-54,58,60,67,75H,5-7,10-12,14-16,18-34,36,39-45H2,1-4H3,(H,77,90)(H,78,93)(H,81,91)(H,82,95)(H,83,94)(H,84,92)(H,76,79,80)/t47-,50-,51+,53-,54?,58?,60-,67-/m0/s1. The van der Waals surface area contributed by atoms with Gasteiger partial charge in [0.05, 0.1) is 36.0 Å². The van der Waals surface area contributed by atoms with Crippen molar-refractivity contribution in [2.75, 3.05) is 114 Å². The highest BCUT2D eigenvalue weighted by molar-refractivity contribution is 5.94. The van der Waals surface area contributed by atoms with Gasteiger partial charge in [0.15, 0.2) is 0 Å². The van der Waals surface area contributed by atoms with E-state index in [1.165, 1.54) is 24.0 Å². The van der Waals surface area contributed by atoms with Crippen LogP contribution in [0.5, 0.6) is 0 Å². The lowest BCUT2D eigenvalue weighted by Gasteiger charge is -2.48. The van der Waals surface area contributed by atoms with E-state index in [0.29, 0.717) is 88.3 Å². The molecule has 23 nitrogen and oxygen atoms in total. The lowest BCUT2D eigenvalue weighted by molar-refractivity contribution is -0.143. The Morgan fingerprint density at radius 1 is 0.763 bits per heavy atom. The minimum atomic E-state index is -0.855. The van der Waals surface area contributed by atoms with Crippen molar-refractivity contribution in [3.8, 4) is 0 Å². The molecular weight excluding hydrogens is 1240 g/mol. The summed E-state index contributed by atoms with van der Waals surface area (Å²) in [5, 5.41) is 24.8. The molecule has 7 fully saturated rings. The summed E-state index contributed by atoms with van der Waals surface area (Å²) in [6.45, 7) is 14.2. The summed E-state index contributed by atoms with van der Waals surface area (Å²) in [6, 6.07) is 9.69. The number of rotatable bonds is 27. The Hall–Kier alpha value is -7.09. The highest BCUT2D eigenvalue weighted by Crippen LogP contribution is 2.40. The molecule has 3 aromatic rings. The van der Waals surface area contributed by atoms with Crippen LogP contribution in [0.2, 0.25) is 0 Å². The van der Waals surface area contributed by atoms with E-state index in [2.05, 4.69) is 87.1 Å². The number of halogens is 2. The number of hydrogen-bond acceptors (Lipinski definition) is 16. The van der Waals surface area contributed by atoms with Crippen LogP contribution in [0, 0.1) is 34.8 Å². The van der Waals surface area contributed by atoms with Crippen LogP contribution in [0.3, 0.4) is 0 Å². The third kappa shape index (κ3) is 18.8. The fourth-order valence-electron chi connectivity index (χ4n) is 16.3. The number of anilines is 3. The summed E-state index contributed by atoms with van der Waals surface area (Å²) < 4.78 is 37.4. The minimum absolute atomic E-state index is 0.00346. The first-order valence-electron chi connectivity index (χ1n) is 36.2. The van der Waals surface area contributed by atoms with Crippen LogP contribution in [-0.4, -0.2) is 201 Å². The molecule has 3 aliphatic carbocycles. The lowest BCUT2D eigenvalue weighted by atomic mass is 9.82. The lowest BCUT2D eigenvalue weighted by Crippen LogP contribution is -2.66. The molecule has 8 atom stereocenters. The number of hydrogen-bond donors (Lipinski definition) is 8. The molecule has 2 saturated carbocycles. The van der Waals surface area contributed by atoms with E-state index in [1.54, 1.807) is 23.8 Å². The van der Waals surface area contributed by atoms with Crippen molar-refractivity contribution < 1.29 is 47.1 Å². The first-order valence-corrected chi connectivity index (χ1v) is 36.2. The van der Waals surface area contributed by atoms with E-state index in [4.69, 9.17) is 4.74 Å². The topological polar surface area (TPSA) is 267 Å². The number of aryl methyl sites for hydroxylation is 1. The molecule has 2 aromatic carbocycles. The number of piperidine rings is 2.